The standard InChI is InChI=1S/C33H28O5/c1-22-12-15-27(16-13-22)30-20-29(23(2)37-30)32(34)38-31(33(35)36-21-24-8-4-3-5-9-24)19-25-14-17-26-10-6-7-11-28(26)18-25/h3-18,20,31H,19,21H2,1-2H3/t31-/m1/s1. The number of hydrogen-bond donors (Lipinski definition) is 0. The van der Waals surface area contributed by atoms with Crippen LogP contribution in [-0.4, -0.2) is 18.0 Å². The second kappa shape index (κ2) is 11.2. The Morgan fingerprint density at radius 3 is 2.24 bits per heavy atom. The van der Waals surface area contributed by atoms with Crippen LogP contribution in [0, 0.1) is 13.8 Å². The minimum Gasteiger partial charge on any atom is -0.460 e. The Balaban J connectivity index is 1.37. The smallest absolute Gasteiger partial charge is 0.348 e. The summed E-state index contributed by atoms with van der Waals surface area (Å²) in [5, 5.41) is 2.13. The monoisotopic (exact) mass is 504 g/mol. The molecule has 1 heterocycles. The quantitative estimate of drug-likeness (QED) is 0.209. The average Bonchev–Trinajstić information content (AvgIpc) is 3.33. The fraction of sp³-hybridized carbons (Fsp3) is 0.152. The van der Waals surface area contributed by atoms with Gasteiger partial charge in [0.05, 0.1) is 0 Å². The Morgan fingerprint density at radius 1 is 0.763 bits per heavy atom. The molecular weight excluding hydrogens is 476 g/mol. The van der Waals surface area contributed by atoms with Crippen LogP contribution < -0.4 is 0 Å². The zero-order valence-corrected chi connectivity index (χ0v) is 21.3. The third kappa shape index (κ3) is 5.84. The average molecular weight is 505 g/mol. The molecule has 0 saturated carbocycles. The molecule has 0 fully saturated rings. The highest BCUT2D eigenvalue weighted by Gasteiger charge is 2.28. The highest BCUT2D eigenvalue weighted by atomic mass is 16.6. The van der Waals surface area contributed by atoms with Gasteiger partial charge in [0.15, 0.2) is 0 Å². The van der Waals surface area contributed by atoms with E-state index in [4.69, 9.17) is 13.9 Å². The molecule has 5 rings (SSSR count). The van der Waals surface area contributed by atoms with E-state index in [-0.39, 0.29) is 18.6 Å². The van der Waals surface area contributed by atoms with Gasteiger partial charge >= 0.3 is 11.9 Å². The first-order valence-electron chi connectivity index (χ1n) is 12.5. The zero-order chi connectivity index (χ0) is 26.5. The summed E-state index contributed by atoms with van der Waals surface area (Å²) in [6, 6.07) is 32.8. The van der Waals surface area contributed by atoms with Gasteiger partial charge in [-0.25, -0.2) is 9.59 Å². The van der Waals surface area contributed by atoms with E-state index < -0.39 is 18.0 Å². The molecular formula is C33H28O5. The van der Waals surface area contributed by atoms with Crippen molar-refractivity contribution in [2.24, 2.45) is 0 Å². The lowest BCUT2D eigenvalue weighted by Gasteiger charge is -2.17. The second-order valence-corrected chi connectivity index (χ2v) is 9.32. The molecule has 5 heteroatoms. The second-order valence-electron chi connectivity index (χ2n) is 9.32. The number of rotatable bonds is 8. The van der Waals surface area contributed by atoms with Crippen molar-refractivity contribution in [1.82, 2.24) is 0 Å². The summed E-state index contributed by atoms with van der Waals surface area (Å²) in [5.74, 6) is -0.248. The van der Waals surface area contributed by atoms with Crippen molar-refractivity contribution < 1.29 is 23.5 Å². The number of hydrogen-bond acceptors (Lipinski definition) is 5. The summed E-state index contributed by atoms with van der Waals surface area (Å²) >= 11 is 0. The van der Waals surface area contributed by atoms with E-state index in [1.54, 1.807) is 13.0 Å². The molecule has 0 amide bonds. The Bertz CT molecular complexity index is 1560. The fourth-order valence-electron chi connectivity index (χ4n) is 4.31. The van der Waals surface area contributed by atoms with E-state index in [1.165, 1.54) is 0 Å². The molecule has 0 unspecified atom stereocenters. The van der Waals surface area contributed by atoms with Gasteiger partial charge in [-0.2, -0.15) is 0 Å². The lowest BCUT2D eigenvalue weighted by atomic mass is 10.0. The first kappa shape index (κ1) is 25.0. The van der Waals surface area contributed by atoms with Crippen LogP contribution in [0.5, 0.6) is 0 Å². The lowest BCUT2D eigenvalue weighted by Crippen LogP contribution is -2.31. The predicted octanol–water partition coefficient (Wildman–Crippen LogP) is 7.23. The molecule has 38 heavy (non-hydrogen) atoms. The van der Waals surface area contributed by atoms with E-state index in [0.717, 1.165) is 33.0 Å². The van der Waals surface area contributed by atoms with Crippen molar-refractivity contribution in [1.29, 1.82) is 0 Å². The number of furan rings is 1. The molecule has 0 N–H and O–H groups in total. The summed E-state index contributed by atoms with van der Waals surface area (Å²) in [6.07, 6.45) is -0.934. The zero-order valence-electron chi connectivity index (χ0n) is 21.3. The van der Waals surface area contributed by atoms with Crippen LogP contribution in [0.25, 0.3) is 22.1 Å². The maximum Gasteiger partial charge on any atom is 0.348 e. The molecule has 0 saturated heterocycles. The SMILES string of the molecule is Cc1ccc(-c2cc(C(=O)O[C@H](Cc3ccc4ccccc4c3)C(=O)OCc3ccccc3)c(C)o2)cc1. The van der Waals surface area contributed by atoms with Crippen molar-refractivity contribution in [2.45, 2.75) is 33.0 Å². The molecule has 4 aromatic carbocycles. The van der Waals surface area contributed by atoms with Crippen LogP contribution in [0.3, 0.4) is 0 Å². The molecule has 190 valence electrons. The molecule has 0 aliphatic carbocycles. The van der Waals surface area contributed by atoms with Gasteiger partial charge in [0.1, 0.15) is 23.7 Å². The lowest BCUT2D eigenvalue weighted by molar-refractivity contribution is -0.155. The van der Waals surface area contributed by atoms with Gasteiger partial charge in [0.2, 0.25) is 6.10 Å². The van der Waals surface area contributed by atoms with Crippen molar-refractivity contribution in [3.63, 3.8) is 0 Å². The molecule has 0 aliphatic rings. The van der Waals surface area contributed by atoms with Crippen LogP contribution in [0.2, 0.25) is 0 Å². The number of fused-ring (bicyclic) bond motifs is 1. The Labute approximate surface area is 221 Å². The largest absolute Gasteiger partial charge is 0.460 e. The fourth-order valence-corrected chi connectivity index (χ4v) is 4.31. The van der Waals surface area contributed by atoms with E-state index in [2.05, 4.69) is 0 Å². The van der Waals surface area contributed by atoms with Gasteiger partial charge < -0.3 is 13.9 Å². The van der Waals surface area contributed by atoms with Gasteiger partial charge in [-0.1, -0.05) is 103 Å². The van der Waals surface area contributed by atoms with Gasteiger partial charge in [-0.15, -0.1) is 0 Å². The van der Waals surface area contributed by atoms with Crippen molar-refractivity contribution in [2.75, 3.05) is 0 Å². The van der Waals surface area contributed by atoms with Crippen LogP contribution in [0.1, 0.15) is 32.8 Å². The summed E-state index contributed by atoms with van der Waals surface area (Å²) in [6.45, 7) is 3.81. The van der Waals surface area contributed by atoms with Crippen molar-refractivity contribution in [3.05, 3.63) is 131 Å². The number of esters is 2. The van der Waals surface area contributed by atoms with E-state index in [1.807, 2.05) is 104 Å². The topological polar surface area (TPSA) is 65.7 Å². The highest BCUT2D eigenvalue weighted by Crippen LogP contribution is 2.27. The Kier molecular flexibility index (Phi) is 7.36. The van der Waals surface area contributed by atoms with Crippen molar-refractivity contribution in [3.8, 4) is 11.3 Å². The number of carbonyl (C=O) groups is 2. The summed E-state index contributed by atoms with van der Waals surface area (Å²) in [4.78, 5) is 26.4. The Hall–Kier alpha value is -4.64. The highest BCUT2D eigenvalue weighted by molar-refractivity contribution is 5.93. The maximum absolute atomic E-state index is 13.3. The van der Waals surface area contributed by atoms with Crippen LogP contribution in [0.15, 0.2) is 108 Å². The number of benzene rings is 4. The maximum atomic E-state index is 13.3. The minimum atomic E-state index is -1.12. The van der Waals surface area contributed by atoms with Crippen LogP contribution in [0.4, 0.5) is 0 Å². The number of ether oxygens (including phenoxy) is 2. The van der Waals surface area contributed by atoms with Crippen molar-refractivity contribution >= 4 is 22.7 Å². The molecule has 0 radical (unpaired) electrons. The van der Waals surface area contributed by atoms with E-state index in [9.17, 15) is 9.59 Å². The summed E-state index contributed by atoms with van der Waals surface area (Å²) < 4.78 is 17.2. The molecule has 0 bridgehead atoms. The third-order valence-corrected chi connectivity index (χ3v) is 6.44. The first-order valence-corrected chi connectivity index (χ1v) is 12.5. The molecule has 1 atom stereocenters. The van der Waals surface area contributed by atoms with Crippen LogP contribution in [-0.2, 0) is 27.3 Å². The van der Waals surface area contributed by atoms with E-state index >= 15 is 0 Å². The normalized spacial score (nSPS) is 11.7. The third-order valence-electron chi connectivity index (χ3n) is 6.44. The molecule has 1 aromatic heterocycles. The summed E-state index contributed by atoms with van der Waals surface area (Å²) in [5.41, 5.74) is 3.97. The van der Waals surface area contributed by atoms with Gasteiger partial charge in [-0.3, -0.25) is 0 Å². The molecule has 0 aliphatic heterocycles. The Morgan fingerprint density at radius 2 is 1.47 bits per heavy atom. The number of carbonyl (C=O) groups excluding carboxylic acids is 2. The first-order chi connectivity index (χ1) is 18.5. The molecule has 0 spiro atoms. The van der Waals surface area contributed by atoms with Gasteiger partial charge in [0, 0.05) is 12.0 Å². The van der Waals surface area contributed by atoms with Gasteiger partial charge in [-0.05, 0) is 41.8 Å². The molecule has 5 aromatic rings. The molecule has 5 nitrogen and oxygen atoms in total. The van der Waals surface area contributed by atoms with E-state index in [0.29, 0.717) is 11.5 Å². The predicted molar refractivity (Wildman–Crippen MR) is 147 cm³/mol. The van der Waals surface area contributed by atoms with Crippen LogP contribution >= 0.6 is 0 Å². The number of aryl methyl sites for hydroxylation is 2. The summed E-state index contributed by atoms with van der Waals surface area (Å²) in [7, 11) is 0. The van der Waals surface area contributed by atoms with Gasteiger partial charge in [0.25, 0.3) is 0 Å². The minimum absolute atomic E-state index is 0.0910.